The lowest BCUT2D eigenvalue weighted by Gasteiger charge is -2.20. The first kappa shape index (κ1) is 11.4. The van der Waals surface area contributed by atoms with Crippen LogP contribution in [-0.4, -0.2) is 37.0 Å². The number of amides is 1. The molecule has 1 unspecified atom stereocenters. The summed E-state index contributed by atoms with van der Waals surface area (Å²) in [7, 11) is 4.00. The second-order valence-corrected chi connectivity index (χ2v) is 3.40. The van der Waals surface area contributed by atoms with E-state index in [1.165, 1.54) is 0 Å². The van der Waals surface area contributed by atoms with Crippen LogP contribution in [0.2, 0.25) is 0 Å². The maximum Gasteiger partial charge on any atom is 0.234 e. The van der Waals surface area contributed by atoms with Crippen molar-refractivity contribution in [1.29, 1.82) is 0 Å². The molecule has 0 saturated carbocycles. The summed E-state index contributed by atoms with van der Waals surface area (Å²) in [5.74, 6) is -0.416. The molecule has 0 aliphatic heterocycles. The molecule has 72 valence electrons. The number of rotatable bonds is 5. The Bertz CT molecular complexity index is 147. The Kier molecular flexibility index (Phi) is 4.85. The zero-order chi connectivity index (χ0) is 9.72. The Morgan fingerprint density at radius 3 is 2.25 bits per heavy atom. The predicted octanol–water partition coefficient (Wildman–Crippen LogP) is -0.471. The normalized spacial score (nSPS) is 16.1. The van der Waals surface area contributed by atoms with Crippen LogP contribution >= 0.6 is 0 Å². The van der Waals surface area contributed by atoms with Gasteiger partial charge in [-0.05, 0) is 33.9 Å². The van der Waals surface area contributed by atoms with Gasteiger partial charge in [0.2, 0.25) is 5.91 Å². The molecule has 0 aromatic rings. The van der Waals surface area contributed by atoms with E-state index in [9.17, 15) is 4.79 Å². The van der Waals surface area contributed by atoms with Gasteiger partial charge in [0.25, 0.3) is 0 Å². The number of hydrogen-bond acceptors (Lipinski definition) is 3. The summed E-state index contributed by atoms with van der Waals surface area (Å²) < 4.78 is 0. The van der Waals surface area contributed by atoms with Crippen molar-refractivity contribution in [3.63, 3.8) is 0 Å². The van der Waals surface area contributed by atoms with Gasteiger partial charge < -0.3 is 16.4 Å². The third kappa shape index (κ3) is 4.31. The number of carbonyl (C=O) groups is 1. The van der Waals surface area contributed by atoms with Crippen molar-refractivity contribution < 1.29 is 4.79 Å². The van der Waals surface area contributed by atoms with Crippen molar-refractivity contribution in [3.05, 3.63) is 0 Å². The molecule has 4 nitrogen and oxygen atoms in total. The van der Waals surface area contributed by atoms with E-state index in [2.05, 4.69) is 11.8 Å². The Morgan fingerprint density at radius 2 is 1.92 bits per heavy atom. The van der Waals surface area contributed by atoms with Crippen LogP contribution in [0, 0.1) is 0 Å². The van der Waals surface area contributed by atoms with E-state index >= 15 is 0 Å². The molecule has 0 fully saturated rings. The topological polar surface area (TPSA) is 72.3 Å². The molecule has 12 heavy (non-hydrogen) atoms. The SMILES string of the molecule is CC(CC[C@H](N)C(N)=O)N(C)C. The van der Waals surface area contributed by atoms with Crippen LogP contribution in [0.4, 0.5) is 0 Å². The highest BCUT2D eigenvalue weighted by Gasteiger charge is 2.11. The van der Waals surface area contributed by atoms with E-state index in [-0.39, 0.29) is 0 Å². The van der Waals surface area contributed by atoms with Crippen LogP contribution in [0.15, 0.2) is 0 Å². The lowest BCUT2D eigenvalue weighted by Crippen LogP contribution is -2.37. The van der Waals surface area contributed by atoms with E-state index in [1.54, 1.807) is 0 Å². The molecule has 0 radical (unpaired) electrons. The van der Waals surface area contributed by atoms with Crippen molar-refractivity contribution in [1.82, 2.24) is 4.90 Å². The molecule has 4 heteroatoms. The molecule has 2 atom stereocenters. The van der Waals surface area contributed by atoms with E-state index < -0.39 is 11.9 Å². The summed E-state index contributed by atoms with van der Waals surface area (Å²) in [4.78, 5) is 12.7. The standard InChI is InChI=1S/C8H19N3O/c1-6(11(2)3)4-5-7(9)8(10)12/h6-7H,4-5,9H2,1-3H3,(H2,10,12)/t6?,7-/m0/s1. The van der Waals surface area contributed by atoms with Crippen molar-refractivity contribution in [2.45, 2.75) is 31.8 Å². The second-order valence-electron chi connectivity index (χ2n) is 3.40. The highest BCUT2D eigenvalue weighted by molar-refractivity contribution is 5.79. The number of carbonyl (C=O) groups excluding carboxylic acids is 1. The summed E-state index contributed by atoms with van der Waals surface area (Å²) in [5.41, 5.74) is 10.5. The van der Waals surface area contributed by atoms with Gasteiger partial charge in [0, 0.05) is 6.04 Å². The van der Waals surface area contributed by atoms with E-state index in [1.807, 2.05) is 14.1 Å². The fourth-order valence-electron chi connectivity index (χ4n) is 0.821. The lowest BCUT2D eigenvalue weighted by molar-refractivity contribution is -0.119. The molecule has 0 aliphatic rings. The summed E-state index contributed by atoms with van der Waals surface area (Å²) >= 11 is 0. The highest BCUT2D eigenvalue weighted by Crippen LogP contribution is 2.03. The summed E-state index contributed by atoms with van der Waals surface area (Å²) in [6.07, 6.45) is 1.56. The molecular formula is C8H19N3O. The predicted molar refractivity (Wildman–Crippen MR) is 49.6 cm³/mol. The summed E-state index contributed by atoms with van der Waals surface area (Å²) in [6.45, 7) is 2.09. The smallest absolute Gasteiger partial charge is 0.234 e. The third-order valence-electron chi connectivity index (χ3n) is 2.14. The summed E-state index contributed by atoms with van der Waals surface area (Å²) in [6, 6.07) is -0.0530. The molecule has 0 spiro atoms. The van der Waals surface area contributed by atoms with Crippen molar-refractivity contribution in [2.24, 2.45) is 11.5 Å². The van der Waals surface area contributed by atoms with Crippen LogP contribution in [-0.2, 0) is 4.79 Å². The fraction of sp³-hybridized carbons (Fsp3) is 0.875. The van der Waals surface area contributed by atoms with Crippen molar-refractivity contribution >= 4 is 5.91 Å². The lowest BCUT2D eigenvalue weighted by atomic mass is 10.1. The van der Waals surface area contributed by atoms with Crippen LogP contribution < -0.4 is 11.5 Å². The van der Waals surface area contributed by atoms with Gasteiger partial charge >= 0.3 is 0 Å². The van der Waals surface area contributed by atoms with Gasteiger partial charge in [-0.15, -0.1) is 0 Å². The van der Waals surface area contributed by atoms with Gasteiger partial charge in [0.05, 0.1) is 6.04 Å². The Hall–Kier alpha value is -0.610. The molecule has 1 amide bonds. The average Bonchev–Trinajstić information content (AvgIpc) is 1.98. The zero-order valence-corrected chi connectivity index (χ0v) is 8.08. The van der Waals surface area contributed by atoms with Gasteiger partial charge in [0.1, 0.15) is 0 Å². The fourth-order valence-corrected chi connectivity index (χ4v) is 0.821. The van der Waals surface area contributed by atoms with E-state index in [0.717, 1.165) is 6.42 Å². The molecule has 0 rings (SSSR count). The molecule has 0 bridgehead atoms. The van der Waals surface area contributed by atoms with Gasteiger partial charge in [0.15, 0.2) is 0 Å². The highest BCUT2D eigenvalue weighted by atomic mass is 16.1. The van der Waals surface area contributed by atoms with Crippen molar-refractivity contribution in [3.8, 4) is 0 Å². The molecule has 0 saturated heterocycles. The van der Waals surface area contributed by atoms with Crippen LogP contribution in [0.1, 0.15) is 19.8 Å². The number of primary amides is 1. The minimum absolute atomic E-state index is 0.416. The first-order valence-electron chi connectivity index (χ1n) is 4.16. The first-order valence-corrected chi connectivity index (χ1v) is 4.16. The Morgan fingerprint density at radius 1 is 1.42 bits per heavy atom. The second kappa shape index (κ2) is 5.11. The van der Waals surface area contributed by atoms with Gasteiger partial charge in [-0.25, -0.2) is 0 Å². The van der Waals surface area contributed by atoms with Crippen LogP contribution in [0.25, 0.3) is 0 Å². The molecule has 0 heterocycles. The average molecular weight is 173 g/mol. The molecule has 0 aliphatic carbocycles. The Labute approximate surface area is 73.9 Å². The van der Waals surface area contributed by atoms with Crippen LogP contribution in [0.5, 0.6) is 0 Å². The molecule has 4 N–H and O–H groups in total. The maximum absolute atomic E-state index is 10.6. The zero-order valence-electron chi connectivity index (χ0n) is 8.08. The molecule has 0 aromatic heterocycles. The summed E-state index contributed by atoms with van der Waals surface area (Å²) in [5, 5.41) is 0. The third-order valence-corrected chi connectivity index (χ3v) is 2.14. The first-order chi connectivity index (χ1) is 5.45. The van der Waals surface area contributed by atoms with E-state index in [0.29, 0.717) is 12.5 Å². The maximum atomic E-state index is 10.6. The van der Waals surface area contributed by atoms with Crippen LogP contribution in [0.3, 0.4) is 0 Å². The van der Waals surface area contributed by atoms with Gasteiger partial charge in [-0.3, -0.25) is 4.79 Å². The number of hydrogen-bond donors (Lipinski definition) is 2. The monoisotopic (exact) mass is 173 g/mol. The van der Waals surface area contributed by atoms with Crippen molar-refractivity contribution in [2.75, 3.05) is 14.1 Å². The van der Waals surface area contributed by atoms with Gasteiger partial charge in [-0.1, -0.05) is 0 Å². The van der Waals surface area contributed by atoms with Gasteiger partial charge in [-0.2, -0.15) is 0 Å². The molecular weight excluding hydrogens is 154 g/mol. The largest absolute Gasteiger partial charge is 0.368 e. The number of nitrogens with two attached hydrogens (primary N) is 2. The van der Waals surface area contributed by atoms with E-state index in [4.69, 9.17) is 11.5 Å². The Balaban J connectivity index is 3.61. The molecule has 0 aromatic carbocycles. The minimum atomic E-state index is -0.493. The number of nitrogens with zero attached hydrogens (tertiary/aromatic N) is 1. The quantitative estimate of drug-likeness (QED) is 0.590. The minimum Gasteiger partial charge on any atom is -0.368 e.